The van der Waals surface area contributed by atoms with Crippen molar-refractivity contribution >= 4 is 17.0 Å². The lowest BCUT2D eigenvalue weighted by Gasteiger charge is -2.24. The number of pyridine rings is 1. The molecule has 30 heavy (non-hydrogen) atoms. The lowest BCUT2D eigenvalue weighted by Crippen LogP contribution is -2.35. The van der Waals surface area contributed by atoms with Crippen LogP contribution in [0.25, 0.3) is 22.2 Å². The van der Waals surface area contributed by atoms with E-state index in [1.807, 2.05) is 48.0 Å². The van der Waals surface area contributed by atoms with Crippen molar-refractivity contribution in [2.75, 3.05) is 31.6 Å². The summed E-state index contributed by atoms with van der Waals surface area (Å²) in [7, 11) is 0. The van der Waals surface area contributed by atoms with Gasteiger partial charge in [0.2, 0.25) is 5.95 Å². The van der Waals surface area contributed by atoms with Gasteiger partial charge in [0, 0.05) is 29.8 Å². The van der Waals surface area contributed by atoms with Gasteiger partial charge in [-0.15, -0.1) is 0 Å². The van der Waals surface area contributed by atoms with Gasteiger partial charge in [-0.3, -0.25) is 9.36 Å². The maximum Gasteiger partial charge on any atom is 0.260 e. The maximum atomic E-state index is 13.6. The Morgan fingerprint density at radius 1 is 1.17 bits per heavy atom. The zero-order valence-electron chi connectivity index (χ0n) is 17.2. The molecular formula is C23H27N5O2. The van der Waals surface area contributed by atoms with E-state index in [4.69, 9.17) is 9.72 Å². The van der Waals surface area contributed by atoms with E-state index >= 15 is 0 Å². The van der Waals surface area contributed by atoms with E-state index in [0.717, 1.165) is 48.9 Å². The fourth-order valence-corrected chi connectivity index (χ4v) is 4.47. The minimum absolute atomic E-state index is 0.00870. The largest absolute Gasteiger partial charge is 0.379 e. The number of benzene rings is 1. The van der Waals surface area contributed by atoms with Gasteiger partial charge in [-0.25, -0.2) is 4.98 Å². The van der Waals surface area contributed by atoms with Gasteiger partial charge in [0.25, 0.3) is 5.56 Å². The van der Waals surface area contributed by atoms with Crippen LogP contribution in [0, 0.1) is 6.92 Å². The molecule has 5 rings (SSSR count). The molecule has 1 aromatic carbocycles. The van der Waals surface area contributed by atoms with Gasteiger partial charge in [0.1, 0.15) is 5.65 Å². The number of nitrogens with one attached hydrogen (secondary N) is 2. The first-order valence-electron chi connectivity index (χ1n) is 10.7. The fourth-order valence-electron chi connectivity index (χ4n) is 4.47. The molecule has 0 saturated carbocycles. The van der Waals surface area contributed by atoms with E-state index in [1.54, 1.807) is 0 Å². The molecule has 156 valence electrons. The molecule has 2 N–H and O–H groups in total. The number of aryl methyl sites for hydroxylation is 1. The van der Waals surface area contributed by atoms with Gasteiger partial charge in [0.15, 0.2) is 0 Å². The molecule has 7 nitrogen and oxygen atoms in total. The van der Waals surface area contributed by atoms with Gasteiger partial charge in [-0.1, -0.05) is 24.3 Å². The van der Waals surface area contributed by atoms with Crippen LogP contribution in [0.4, 0.5) is 5.95 Å². The monoisotopic (exact) mass is 405 g/mol. The molecule has 2 aliphatic heterocycles. The molecule has 3 aromatic rings. The molecule has 2 saturated heterocycles. The van der Waals surface area contributed by atoms with Gasteiger partial charge in [-0.2, -0.15) is 4.98 Å². The average molecular weight is 406 g/mol. The van der Waals surface area contributed by atoms with Crippen LogP contribution in [0.3, 0.4) is 0 Å². The predicted molar refractivity (Wildman–Crippen MR) is 118 cm³/mol. The Kier molecular flexibility index (Phi) is 5.23. The smallest absolute Gasteiger partial charge is 0.260 e. The molecule has 2 aliphatic rings. The molecule has 4 heterocycles. The van der Waals surface area contributed by atoms with Gasteiger partial charge in [-0.05, 0) is 56.5 Å². The van der Waals surface area contributed by atoms with Crippen molar-refractivity contribution in [3.63, 3.8) is 0 Å². The Bertz CT molecular complexity index is 1110. The van der Waals surface area contributed by atoms with E-state index in [9.17, 15) is 4.79 Å². The van der Waals surface area contributed by atoms with Crippen LogP contribution >= 0.6 is 0 Å². The summed E-state index contributed by atoms with van der Waals surface area (Å²) in [6.07, 6.45) is 4.72. The summed E-state index contributed by atoms with van der Waals surface area (Å²) in [6.45, 7) is 5.22. The topological polar surface area (TPSA) is 81.1 Å². The highest BCUT2D eigenvalue weighted by molar-refractivity contribution is 5.82. The summed E-state index contributed by atoms with van der Waals surface area (Å²) < 4.78 is 7.44. The van der Waals surface area contributed by atoms with Crippen LogP contribution in [-0.4, -0.2) is 46.9 Å². The van der Waals surface area contributed by atoms with Crippen LogP contribution in [-0.2, 0) is 4.74 Å². The molecule has 0 amide bonds. The molecule has 0 radical (unpaired) electrons. The number of aromatic nitrogens is 3. The zero-order chi connectivity index (χ0) is 20.5. The Morgan fingerprint density at radius 2 is 2.00 bits per heavy atom. The molecule has 2 aromatic heterocycles. The van der Waals surface area contributed by atoms with E-state index in [2.05, 4.69) is 15.6 Å². The second kappa shape index (κ2) is 8.16. The summed E-state index contributed by atoms with van der Waals surface area (Å²) in [5.74, 6) is 0.588. The summed E-state index contributed by atoms with van der Waals surface area (Å²) >= 11 is 0. The summed E-state index contributed by atoms with van der Waals surface area (Å²) in [4.78, 5) is 23.0. The van der Waals surface area contributed by atoms with Crippen molar-refractivity contribution in [2.45, 2.75) is 38.3 Å². The number of ether oxygens (including phenoxy) is 1. The number of hydrogen-bond donors (Lipinski definition) is 2. The van der Waals surface area contributed by atoms with Crippen LogP contribution in [0.5, 0.6) is 0 Å². The highest BCUT2D eigenvalue weighted by atomic mass is 16.5. The number of rotatable bonds is 4. The Hall–Kier alpha value is -2.77. The quantitative estimate of drug-likeness (QED) is 0.695. The highest BCUT2D eigenvalue weighted by Gasteiger charge is 2.24. The van der Waals surface area contributed by atoms with Gasteiger partial charge < -0.3 is 15.4 Å². The molecule has 1 atom stereocenters. The van der Waals surface area contributed by atoms with Crippen molar-refractivity contribution in [1.29, 1.82) is 0 Å². The van der Waals surface area contributed by atoms with Crippen LogP contribution < -0.4 is 16.2 Å². The van der Waals surface area contributed by atoms with Crippen LogP contribution in [0.2, 0.25) is 0 Å². The average Bonchev–Trinajstić information content (AvgIpc) is 3.29. The van der Waals surface area contributed by atoms with E-state index in [1.165, 1.54) is 0 Å². The summed E-state index contributed by atoms with van der Waals surface area (Å²) in [5.41, 5.74) is 3.38. The maximum absolute atomic E-state index is 13.6. The number of hydrogen-bond acceptors (Lipinski definition) is 6. The van der Waals surface area contributed by atoms with E-state index < -0.39 is 0 Å². The molecule has 0 aliphatic carbocycles. The lowest BCUT2D eigenvalue weighted by molar-refractivity contribution is 0.186. The number of nitrogens with zero attached hydrogens (tertiary/aromatic N) is 3. The third-order valence-electron chi connectivity index (χ3n) is 6.15. The Balaban J connectivity index is 1.64. The van der Waals surface area contributed by atoms with Crippen LogP contribution in [0.15, 0.2) is 41.3 Å². The summed E-state index contributed by atoms with van der Waals surface area (Å²) in [5, 5.41) is 7.70. The molecule has 2 fully saturated rings. The third-order valence-corrected chi connectivity index (χ3v) is 6.15. The van der Waals surface area contributed by atoms with Gasteiger partial charge in [0.05, 0.1) is 12.6 Å². The van der Waals surface area contributed by atoms with Crippen molar-refractivity contribution in [3.8, 4) is 11.1 Å². The highest BCUT2D eigenvalue weighted by Crippen LogP contribution is 2.27. The minimum Gasteiger partial charge on any atom is -0.379 e. The second-order valence-electron chi connectivity index (χ2n) is 8.21. The number of anilines is 1. The lowest BCUT2D eigenvalue weighted by atomic mass is 10.0. The van der Waals surface area contributed by atoms with Crippen molar-refractivity contribution in [1.82, 2.24) is 19.9 Å². The van der Waals surface area contributed by atoms with Crippen LogP contribution in [0.1, 0.15) is 30.9 Å². The number of fused-ring (bicyclic) bond motifs is 1. The molecule has 0 unspecified atom stereocenters. The third kappa shape index (κ3) is 3.59. The predicted octanol–water partition coefficient (Wildman–Crippen LogP) is 2.89. The summed E-state index contributed by atoms with van der Waals surface area (Å²) in [6, 6.07) is 10.3. The van der Waals surface area contributed by atoms with Gasteiger partial charge >= 0.3 is 0 Å². The molecule has 7 heteroatoms. The second-order valence-corrected chi connectivity index (χ2v) is 8.21. The first-order chi connectivity index (χ1) is 14.7. The number of piperidine rings is 1. The first-order valence-corrected chi connectivity index (χ1v) is 10.7. The Morgan fingerprint density at radius 3 is 2.77 bits per heavy atom. The molecule has 0 bridgehead atoms. The SMILES string of the molecule is Cc1ccccc1-c1cc2cnc(NC3CCNCC3)nc2n([C@@H]2CCOC2)c1=O. The van der Waals surface area contributed by atoms with E-state index in [-0.39, 0.29) is 11.6 Å². The van der Waals surface area contributed by atoms with Crippen molar-refractivity contribution in [3.05, 3.63) is 52.4 Å². The standard InChI is InChI=1S/C23H27N5O2/c1-15-4-2-3-5-19(15)20-12-16-13-25-23(26-17-6-9-24-10-7-17)27-21(16)28(22(20)29)18-8-11-30-14-18/h2-5,12-13,17-18,24H,6-11,14H2,1H3,(H,25,26,27)/t18-/m1/s1. The van der Waals surface area contributed by atoms with E-state index in [0.29, 0.717) is 36.4 Å². The molecular weight excluding hydrogens is 378 g/mol. The van der Waals surface area contributed by atoms with Crippen molar-refractivity contribution < 1.29 is 4.74 Å². The van der Waals surface area contributed by atoms with Crippen molar-refractivity contribution in [2.24, 2.45) is 0 Å². The zero-order valence-corrected chi connectivity index (χ0v) is 17.2. The Labute approximate surface area is 175 Å². The normalized spacial score (nSPS) is 20.0. The minimum atomic E-state index is -0.0150. The fraction of sp³-hybridized carbons (Fsp3) is 0.435. The molecule has 0 spiro atoms. The first kappa shape index (κ1) is 19.2.